The Kier molecular flexibility index (Phi) is 8.97. The Labute approximate surface area is 223 Å². The molecule has 0 aromatic heterocycles. The monoisotopic (exact) mass is 508 g/mol. The molecule has 0 aliphatic rings. The zero-order chi connectivity index (χ0) is 26.7. The zero-order valence-electron chi connectivity index (χ0n) is 21.3. The van der Waals surface area contributed by atoms with Gasteiger partial charge in [-0.1, -0.05) is 66.7 Å². The molecule has 0 aliphatic heterocycles. The van der Waals surface area contributed by atoms with Gasteiger partial charge in [0.25, 0.3) is 0 Å². The highest BCUT2D eigenvalue weighted by molar-refractivity contribution is 5.95. The third-order valence-corrected chi connectivity index (χ3v) is 6.09. The first-order valence-electron chi connectivity index (χ1n) is 12.4. The van der Waals surface area contributed by atoms with Crippen LogP contribution in [0.1, 0.15) is 28.3 Å². The highest BCUT2D eigenvalue weighted by Gasteiger charge is 2.22. The molecule has 4 rings (SSSR count). The Balaban J connectivity index is 1.53. The van der Waals surface area contributed by atoms with Crippen molar-refractivity contribution in [2.45, 2.75) is 19.0 Å². The molecule has 1 atom stereocenters. The quantitative estimate of drug-likeness (QED) is 0.158. The van der Waals surface area contributed by atoms with Crippen LogP contribution in [0.25, 0.3) is 0 Å². The van der Waals surface area contributed by atoms with Gasteiger partial charge in [-0.15, -0.1) is 0 Å². The van der Waals surface area contributed by atoms with Crippen molar-refractivity contribution in [2.75, 3.05) is 19.0 Å². The summed E-state index contributed by atoms with van der Waals surface area (Å²) in [7, 11) is 1.58. The van der Waals surface area contributed by atoms with Gasteiger partial charge in [-0.2, -0.15) is 0 Å². The molecule has 5 N–H and O–H groups in total. The molecule has 0 radical (unpaired) electrons. The average molecular weight is 509 g/mol. The second-order valence-corrected chi connectivity index (χ2v) is 8.77. The molecule has 0 spiro atoms. The lowest BCUT2D eigenvalue weighted by Gasteiger charge is -2.22. The van der Waals surface area contributed by atoms with Gasteiger partial charge >= 0.3 is 0 Å². The van der Waals surface area contributed by atoms with Crippen LogP contribution in [0.5, 0.6) is 11.5 Å². The Morgan fingerprint density at radius 3 is 2.16 bits per heavy atom. The van der Waals surface area contributed by atoms with E-state index in [2.05, 4.69) is 22.8 Å². The number of benzene rings is 4. The maximum absolute atomic E-state index is 13.4. The largest absolute Gasteiger partial charge is 0.493 e. The van der Waals surface area contributed by atoms with Crippen LogP contribution >= 0.6 is 0 Å². The van der Waals surface area contributed by atoms with Gasteiger partial charge in [0.15, 0.2) is 11.5 Å². The molecule has 0 saturated heterocycles. The van der Waals surface area contributed by atoms with E-state index in [0.29, 0.717) is 30.2 Å². The Bertz CT molecular complexity index is 1340. The summed E-state index contributed by atoms with van der Waals surface area (Å²) in [6.07, 6.45) is 0.772. The molecule has 7 nitrogen and oxygen atoms in total. The number of carbonyl (C=O) groups excluding carboxylic acids is 1. The fourth-order valence-corrected chi connectivity index (χ4v) is 4.01. The summed E-state index contributed by atoms with van der Waals surface area (Å²) in [5.41, 5.74) is 9.83. The van der Waals surface area contributed by atoms with Gasteiger partial charge in [-0.25, -0.2) is 0 Å². The molecule has 1 amide bonds. The Morgan fingerprint density at radius 1 is 0.868 bits per heavy atom. The van der Waals surface area contributed by atoms with Crippen LogP contribution in [-0.4, -0.2) is 25.5 Å². The summed E-state index contributed by atoms with van der Waals surface area (Å²) in [5.74, 6) is 0.956. The number of methoxy groups -OCH3 is 1. The Morgan fingerprint density at radius 2 is 1.53 bits per heavy atom. The molecule has 4 aromatic carbocycles. The lowest BCUT2D eigenvalue weighted by Crippen LogP contribution is -2.33. The van der Waals surface area contributed by atoms with Crippen LogP contribution in [0.2, 0.25) is 0 Å². The van der Waals surface area contributed by atoms with Crippen molar-refractivity contribution in [2.24, 2.45) is 5.73 Å². The van der Waals surface area contributed by atoms with Crippen LogP contribution in [0.4, 0.5) is 5.69 Å². The highest BCUT2D eigenvalue weighted by atomic mass is 16.5. The van der Waals surface area contributed by atoms with Gasteiger partial charge in [0.2, 0.25) is 5.91 Å². The van der Waals surface area contributed by atoms with Crippen molar-refractivity contribution in [1.82, 2.24) is 5.32 Å². The first kappa shape index (κ1) is 26.3. The summed E-state index contributed by atoms with van der Waals surface area (Å²) in [5, 5.41) is 14.0. The number of hydrogen-bond donors (Lipinski definition) is 4. The van der Waals surface area contributed by atoms with Gasteiger partial charge in [-0.3, -0.25) is 10.2 Å². The number of hydrogen-bond acceptors (Lipinski definition) is 5. The molecule has 0 heterocycles. The number of nitrogens with two attached hydrogens (primary N) is 1. The van der Waals surface area contributed by atoms with Gasteiger partial charge in [0.1, 0.15) is 11.9 Å². The molecule has 0 fully saturated rings. The summed E-state index contributed by atoms with van der Waals surface area (Å²) in [6.45, 7) is 0.903. The zero-order valence-corrected chi connectivity index (χ0v) is 21.3. The maximum atomic E-state index is 13.4. The number of amides is 1. The normalized spacial score (nSPS) is 11.3. The van der Waals surface area contributed by atoms with Crippen molar-refractivity contribution in [3.05, 3.63) is 125 Å². The topological polar surface area (TPSA) is 109 Å². The van der Waals surface area contributed by atoms with E-state index in [0.717, 1.165) is 23.2 Å². The number of amidine groups is 1. The molecule has 4 aromatic rings. The fourth-order valence-electron chi connectivity index (χ4n) is 4.01. The van der Waals surface area contributed by atoms with E-state index in [9.17, 15) is 4.79 Å². The number of carbonyl (C=O) groups is 1. The fraction of sp³-hybridized carbons (Fsp3) is 0.161. The lowest BCUT2D eigenvalue weighted by atomic mass is 10.0. The number of ether oxygens (including phenoxy) is 2. The summed E-state index contributed by atoms with van der Waals surface area (Å²) in [6, 6.07) is 31.8. The van der Waals surface area contributed by atoms with Crippen molar-refractivity contribution in [3.63, 3.8) is 0 Å². The molecule has 38 heavy (non-hydrogen) atoms. The summed E-state index contributed by atoms with van der Waals surface area (Å²) < 4.78 is 11.6. The van der Waals surface area contributed by atoms with Gasteiger partial charge in [-0.05, 0) is 53.1 Å². The number of nitrogen functional groups attached to an aromatic ring is 1. The molecule has 0 aliphatic carbocycles. The predicted octanol–water partition coefficient (Wildman–Crippen LogP) is 5.07. The molecular formula is C31H32N4O3. The third-order valence-electron chi connectivity index (χ3n) is 6.09. The SMILES string of the molecule is COc1cc([C@@H](Nc2ccc(C(=N)N)cc2)C(=O)NCc2ccccc2)ccc1OCCc1ccccc1. The third kappa shape index (κ3) is 7.13. The number of nitrogens with one attached hydrogen (secondary N) is 3. The molecule has 0 unspecified atom stereocenters. The molecule has 0 bridgehead atoms. The van der Waals surface area contributed by atoms with E-state index in [1.165, 1.54) is 5.56 Å². The molecule has 7 heteroatoms. The second kappa shape index (κ2) is 13.0. The predicted molar refractivity (Wildman–Crippen MR) is 151 cm³/mol. The van der Waals surface area contributed by atoms with Gasteiger partial charge in [0, 0.05) is 24.2 Å². The second-order valence-electron chi connectivity index (χ2n) is 8.77. The van der Waals surface area contributed by atoms with Crippen LogP contribution in [0.15, 0.2) is 103 Å². The van der Waals surface area contributed by atoms with Crippen molar-refractivity contribution in [3.8, 4) is 11.5 Å². The first-order valence-corrected chi connectivity index (χ1v) is 12.4. The minimum absolute atomic E-state index is 0.0127. The summed E-state index contributed by atoms with van der Waals surface area (Å²) >= 11 is 0. The lowest BCUT2D eigenvalue weighted by molar-refractivity contribution is -0.122. The highest BCUT2D eigenvalue weighted by Crippen LogP contribution is 2.32. The molecule has 194 valence electrons. The van der Waals surface area contributed by atoms with Crippen molar-refractivity contribution < 1.29 is 14.3 Å². The minimum Gasteiger partial charge on any atom is -0.493 e. The van der Waals surface area contributed by atoms with E-state index in [1.807, 2.05) is 66.7 Å². The number of rotatable bonds is 12. The van der Waals surface area contributed by atoms with E-state index in [-0.39, 0.29) is 11.7 Å². The van der Waals surface area contributed by atoms with Crippen molar-refractivity contribution >= 4 is 17.4 Å². The van der Waals surface area contributed by atoms with E-state index >= 15 is 0 Å². The van der Waals surface area contributed by atoms with Crippen molar-refractivity contribution in [1.29, 1.82) is 5.41 Å². The van der Waals surface area contributed by atoms with Gasteiger partial charge in [0.05, 0.1) is 13.7 Å². The van der Waals surface area contributed by atoms with Crippen LogP contribution < -0.4 is 25.8 Å². The van der Waals surface area contributed by atoms with Crippen LogP contribution in [0.3, 0.4) is 0 Å². The Hall–Kier alpha value is -4.78. The molecule has 0 saturated carbocycles. The van der Waals surface area contributed by atoms with E-state index in [4.69, 9.17) is 20.6 Å². The van der Waals surface area contributed by atoms with Gasteiger partial charge < -0.3 is 25.8 Å². The van der Waals surface area contributed by atoms with Crippen LogP contribution in [-0.2, 0) is 17.8 Å². The maximum Gasteiger partial charge on any atom is 0.247 e. The minimum atomic E-state index is -0.700. The van der Waals surface area contributed by atoms with E-state index < -0.39 is 6.04 Å². The standard InChI is InChI=1S/C31H32N4O3/c1-37-28-20-25(14-17-27(28)38-19-18-22-8-4-2-5-9-22)29(31(36)34-21-23-10-6-3-7-11-23)35-26-15-12-24(13-16-26)30(32)33/h2-17,20,29,35H,18-19,21H2,1H3,(H3,32,33)(H,34,36)/t29-/m1/s1. The van der Waals surface area contributed by atoms with Crippen LogP contribution in [0, 0.1) is 5.41 Å². The van der Waals surface area contributed by atoms with E-state index in [1.54, 1.807) is 31.4 Å². The smallest absolute Gasteiger partial charge is 0.247 e. The summed E-state index contributed by atoms with van der Waals surface area (Å²) in [4.78, 5) is 13.4. The average Bonchev–Trinajstić information content (AvgIpc) is 2.96. The first-order chi connectivity index (χ1) is 18.5. The molecular weight excluding hydrogens is 476 g/mol. The number of anilines is 1.